The molecule has 25 heavy (non-hydrogen) atoms. The number of nitrogens with one attached hydrogen (secondary N) is 2. The minimum absolute atomic E-state index is 0.108. The lowest BCUT2D eigenvalue weighted by atomic mass is 10.1. The van der Waals surface area contributed by atoms with E-state index in [0.717, 1.165) is 18.4 Å². The molecule has 0 aliphatic carbocycles. The summed E-state index contributed by atoms with van der Waals surface area (Å²) < 4.78 is 9.98. The standard InChI is InChI=1S/C18H24N2O5/c1-3-14(18(23)24-2)20-16(21)13-8-6-12(7-9-13)11-19-17(22)15-5-4-10-25-15/h6-9,14-15H,3-5,10-11H2,1-2H3,(H,19,22)(H,20,21)/t14-,15-/m0/s1. The number of ether oxygens (including phenoxy) is 2. The summed E-state index contributed by atoms with van der Waals surface area (Å²) in [6.45, 7) is 2.80. The van der Waals surface area contributed by atoms with Gasteiger partial charge in [0, 0.05) is 18.7 Å². The Bertz CT molecular complexity index is 608. The molecule has 2 N–H and O–H groups in total. The van der Waals surface area contributed by atoms with Gasteiger partial charge in [0.15, 0.2) is 0 Å². The van der Waals surface area contributed by atoms with Gasteiger partial charge >= 0.3 is 5.97 Å². The lowest BCUT2D eigenvalue weighted by Crippen LogP contribution is -2.41. The number of rotatable bonds is 7. The highest BCUT2D eigenvalue weighted by Crippen LogP contribution is 2.12. The molecule has 1 aromatic carbocycles. The lowest BCUT2D eigenvalue weighted by molar-refractivity contribution is -0.143. The summed E-state index contributed by atoms with van der Waals surface area (Å²) in [6, 6.07) is 6.19. The maximum atomic E-state index is 12.2. The zero-order valence-corrected chi connectivity index (χ0v) is 14.5. The van der Waals surface area contributed by atoms with Crippen LogP contribution in [0.5, 0.6) is 0 Å². The predicted molar refractivity (Wildman–Crippen MR) is 90.8 cm³/mol. The first kappa shape index (κ1) is 18.9. The summed E-state index contributed by atoms with van der Waals surface area (Å²) in [6.07, 6.45) is 1.76. The second-order valence-corrected chi connectivity index (χ2v) is 5.87. The normalized spacial score (nSPS) is 17.6. The van der Waals surface area contributed by atoms with Gasteiger partial charge < -0.3 is 20.1 Å². The molecule has 0 unspecified atom stereocenters. The number of carbonyl (C=O) groups is 3. The first-order valence-electron chi connectivity index (χ1n) is 8.42. The quantitative estimate of drug-likeness (QED) is 0.721. The van der Waals surface area contributed by atoms with Gasteiger partial charge in [-0.2, -0.15) is 0 Å². The van der Waals surface area contributed by atoms with Crippen molar-refractivity contribution in [1.29, 1.82) is 0 Å². The molecule has 0 saturated carbocycles. The van der Waals surface area contributed by atoms with Gasteiger partial charge in [-0.15, -0.1) is 0 Å². The second kappa shape index (κ2) is 9.17. The first-order chi connectivity index (χ1) is 12.0. The van der Waals surface area contributed by atoms with Crippen molar-refractivity contribution in [2.24, 2.45) is 0 Å². The predicted octanol–water partition coefficient (Wildman–Crippen LogP) is 1.16. The highest BCUT2D eigenvalue weighted by atomic mass is 16.5. The molecule has 2 amide bonds. The summed E-state index contributed by atoms with van der Waals surface area (Å²) in [7, 11) is 1.29. The molecule has 1 aliphatic rings. The van der Waals surface area contributed by atoms with Gasteiger partial charge in [0.1, 0.15) is 12.1 Å². The zero-order chi connectivity index (χ0) is 18.2. The average molecular weight is 348 g/mol. The Balaban J connectivity index is 1.87. The third-order valence-corrected chi connectivity index (χ3v) is 4.10. The zero-order valence-electron chi connectivity index (χ0n) is 14.5. The number of amides is 2. The molecule has 7 heteroatoms. The summed E-state index contributed by atoms with van der Waals surface area (Å²) >= 11 is 0. The minimum atomic E-state index is -0.664. The fourth-order valence-electron chi connectivity index (χ4n) is 2.57. The Morgan fingerprint density at radius 3 is 2.56 bits per heavy atom. The van der Waals surface area contributed by atoms with E-state index < -0.39 is 12.0 Å². The maximum Gasteiger partial charge on any atom is 0.328 e. The summed E-state index contributed by atoms with van der Waals surface area (Å²) in [4.78, 5) is 35.6. The van der Waals surface area contributed by atoms with E-state index in [1.807, 2.05) is 0 Å². The second-order valence-electron chi connectivity index (χ2n) is 5.87. The Kier molecular flexibility index (Phi) is 6.94. The molecular weight excluding hydrogens is 324 g/mol. The number of esters is 1. The molecule has 1 heterocycles. The molecule has 0 spiro atoms. The van der Waals surface area contributed by atoms with E-state index >= 15 is 0 Å². The molecular formula is C18H24N2O5. The molecule has 0 aromatic heterocycles. The molecule has 7 nitrogen and oxygen atoms in total. The van der Waals surface area contributed by atoms with Gasteiger partial charge in [0.2, 0.25) is 5.91 Å². The van der Waals surface area contributed by atoms with Crippen LogP contribution in [0.3, 0.4) is 0 Å². The molecule has 0 radical (unpaired) electrons. The Labute approximate surface area is 147 Å². The van der Waals surface area contributed by atoms with E-state index in [1.165, 1.54) is 7.11 Å². The van der Waals surface area contributed by atoms with Crippen LogP contribution in [0.4, 0.5) is 0 Å². The van der Waals surface area contributed by atoms with Crippen LogP contribution in [0.15, 0.2) is 24.3 Å². The Morgan fingerprint density at radius 2 is 2.00 bits per heavy atom. The highest BCUT2D eigenvalue weighted by Gasteiger charge is 2.23. The molecule has 1 saturated heterocycles. The topological polar surface area (TPSA) is 93.7 Å². The van der Waals surface area contributed by atoms with Crippen molar-refractivity contribution >= 4 is 17.8 Å². The molecule has 1 aromatic rings. The summed E-state index contributed by atoms with van der Waals surface area (Å²) in [5, 5.41) is 5.47. The van der Waals surface area contributed by atoms with Crippen LogP contribution in [0.2, 0.25) is 0 Å². The van der Waals surface area contributed by atoms with Crippen LogP contribution in [-0.2, 0) is 25.6 Å². The lowest BCUT2D eigenvalue weighted by Gasteiger charge is -2.14. The fourth-order valence-corrected chi connectivity index (χ4v) is 2.57. The third-order valence-electron chi connectivity index (χ3n) is 4.10. The summed E-state index contributed by atoms with van der Waals surface area (Å²) in [5.41, 5.74) is 1.32. The van der Waals surface area contributed by atoms with E-state index in [1.54, 1.807) is 31.2 Å². The summed E-state index contributed by atoms with van der Waals surface area (Å²) in [5.74, 6) is -0.917. The number of benzene rings is 1. The number of hydrogen-bond acceptors (Lipinski definition) is 5. The minimum Gasteiger partial charge on any atom is -0.467 e. The van der Waals surface area contributed by atoms with Crippen molar-refractivity contribution in [3.05, 3.63) is 35.4 Å². The van der Waals surface area contributed by atoms with Crippen molar-refractivity contribution in [3.63, 3.8) is 0 Å². The molecule has 1 aliphatic heterocycles. The molecule has 1 fully saturated rings. The van der Waals surface area contributed by atoms with Crippen LogP contribution in [0.25, 0.3) is 0 Å². The van der Waals surface area contributed by atoms with Crippen molar-refractivity contribution in [2.75, 3.05) is 13.7 Å². The van der Waals surface area contributed by atoms with E-state index in [4.69, 9.17) is 4.74 Å². The number of methoxy groups -OCH3 is 1. The monoisotopic (exact) mass is 348 g/mol. The van der Waals surface area contributed by atoms with E-state index in [0.29, 0.717) is 25.1 Å². The van der Waals surface area contributed by atoms with Crippen molar-refractivity contribution < 1.29 is 23.9 Å². The fraction of sp³-hybridized carbons (Fsp3) is 0.500. The third kappa shape index (κ3) is 5.29. The van der Waals surface area contributed by atoms with Crippen molar-refractivity contribution in [1.82, 2.24) is 10.6 Å². The maximum absolute atomic E-state index is 12.2. The smallest absolute Gasteiger partial charge is 0.328 e. The molecule has 2 atom stereocenters. The SMILES string of the molecule is CC[C@H](NC(=O)c1ccc(CNC(=O)[C@@H]2CCCO2)cc1)C(=O)OC. The highest BCUT2D eigenvalue weighted by molar-refractivity contribution is 5.96. The Morgan fingerprint density at radius 1 is 1.28 bits per heavy atom. The van der Waals surface area contributed by atoms with Gasteiger partial charge in [0.25, 0.3) is 5.91 Å². The number of carbonyl (C=O) groups excluding carboxylic acids is 3. The van der Waals surface area contributed by atoms with E-state index in [9.17, 15) is 14.4 Å². The average Bonchev–Trinajstić information content (AvgIpc) is 3.18. The van der Waals surface area contributed by atoms with Crippen molar-refractivity contribution in [2.45, 2.75) is 44.9 Å². The van der Waals surface area contributed by atoms with Crippen LogP contribution in [-0.4, -0.2) is 43.6 Å². The molecule has 0 bridgehead atoms. The largest absolute Gasteiger partial charge is 0.467 e. The van der Waals surface area contributed by atoms with Crippen LogP contribution in [0, 0.1) is 0 Å². The molecule has 2 rings (SSSR count). The van der Waals surface area contributed by atoms with Crippen molar-refractivity contribution in [3.8, 4) is 0 Å². The number of hydrogen-bond donors (Lipinski definition) is 2. The van der Waals surface area contributed by atoms with Crippen LogP contribution >= 0.6 is 0 Å². The van der Waals surface area contributed by atoms with Gasteiger partial charge in [0.05, 0.1) is 7.11 Å². The van der Waals surface area contributed by atoms with Crippen LogP contribution < -0.4 is 10.6 Å². The van der Waals surface area contributed by atoms with E-state index in [-0.39, 0.29) is 17.9 Å². The van der Waals surface area contributed by atoms with Gasteiger partial charge in [-0.05, 0) is 37.0 Å². The van der Waals surface area contributed by atoms with Gasteiger partial charge in [-0.1, -0.05) is 19.1 Å². The van der Waals surface area contributed by atoms with Gasteiger partial charge in [-0.25, -0.2) is 4.79 Å². The van der Waals surface area contributed by atoms with E-state index in [2.05, 4.69) is 15.4 Å². The van der Waals surface area contributed by atoms with Crippen LogP contribution in [0.1, 0.15) is 42.1 Å². The molecule has 136 valence electrons. The van der Waals surface area contributed by atoms with Gasteiger partial charge in [-0.3, -0.25) is 9.59 Å². The Hall–Kier alpha value is -2.41. The first-order valence-corrected chi connectivity index (χ1v) is 8.42.